The van der Waals surface area contributed by atoms with Gasteiger partial charge in [-0.05, 0) is 31.0 Å². The van der Waals surface area contributed by atoms with Gasteiger partial charge in [-0.25, -0.2) is 0 Å². The predicted octanol–water partition coefficient (Wildman–Crippen LogP) is 5.07. The fourth-order valence-electron chi connectivity index (χ4n) is 2.28. The average molecular weight is 376 g/mol. The number of halogens is 1. The quantitative estimate of drug-likeness (QED) is 0.676. The lowest BCUT2D eigenvalue weighted by Gasteiger charge is -2.08. The monoisotopic (exact) mass is 375 g/mol. The Kier molecular flexibility index (Phi) is 5.20. The number of amides is 1. The topological polar surface area (TPSA) is 68.0 Å². The van der Waals surface area contributed by atoms with Gasteiger partial charge < -0.3 is 9.84 Å². The highest BCUT2D eigenvalue weighted by Crippen LogP contribution is 2.26. The summed E-state index contributed by atoms with van der Waals surface area (Å²) in [5, 5.41) is 9.25. The first-order valence-electron chi connectivity index (χ1n) is 7.93. The van der Waals surface area contributed by atoms with Gasteiger partial charge in [0.15, 0.2) is 0 Å². The Morgan fingerprint density at radius 3 is 2.72 bits per heavy atom. The van der Waals surface area contributed by atoms with Crippen molar-refractivity contribution in [1.82, 2.24) is 15.5 Å². The third-order valence-electron chi connectivity index (χ3n) is 3.73. The van der Waals surface area contributed by atoms with Crippen LogP contribution in [0.1, 0.15) is 53.9 Å². The molecular formula is C18H18ClN3O2S. The van der Waals surface area contributed by atoms with Crippen LogP contribution in [-0.2, 0) is 0 Å². The Balaban J connectivity index is 1.72. The highest BCUT2D eigenvalue weighted by atomic mass is 35.5. The first kappa shape index (κ1) is 17.6. The van der Waals surface area contributed by atoms with Crippen LogP contribution in [-0.4, -0.2) is 16.0 Å². The SMILES string of the molecule is CC(C)c1cc(C(=O)N[C@@H](C)c2nc(-c3ccccc3Cl)no2)cs1. The average Bonchev–Trinajstić information content (AvgIpc) is 3.25. The maximum atomic E-state index is 12.4. The number of rotatable bonds is 5. The number of benzene rings is 1. The summed E-state index contributed by atoms with van der Waals surface area (Å²) in [4.78, 5) is 17.9. The number of carbonyl (C=O) groups excluding carboxylic acids is 1. The van der Waals surface area contributed by atoms with Crippen LogP contribution < -0.4 is 5.32 Å². The molecule has 0 bridgehead atoms. The van der Waals surface area contributed by atoms with Crippen molar-refractivity contribution in [2.45, 2.75) is 32.7 Å². The van der Waals surface area contributed by atoms with Crippen LogP contribution in [0.3, 0.4) is 0 Å². The number of hydrogen-bond acceptors (Lipinski definition) is 5. The number of hydrogen-bond donors (Lipinski definition) is 1. The summed E-state index contributed by atoms with van der Waals surface area (Å²) in [6.07, 6.45) is 0. The summed E-state index contributed by atoms with van der Waals surface area (Å²) in [6.45, 7) is 6.01. The smallest absolute Gasteiger partial charge is 0.252 e. The number of carbonyl (C=O) groups is 1. The molecule has 2 aromatic heterocycles. The molecule has 7 heteroatoms. The van der Waals surface area contributed by atoms with E-state index >= 15 is 0 Å². The van der Waals surface area contributed by atoms with E-state index in [1.165, 1.54) is 4.88 Å². The van der Waals surface area contributed by atoms with Gasteiger partial charge in [0.25, 0.3) is 5.91 Å². The molecular weight excluding hydrogens is 358 g/mol. The molecule has 0 aliphatic heterocycles. The van der Waals surface area contributed by atoms with Gasteiger partial charge in [-0.1, -0.05) is 42.7 Å². The summed E-state index contributed by atoms with van der Waals surface area (Å²) < 4.78 is 5.28. The van der Waals surface area contributed by atoms with Crippen LogP contribution in [0.2, 0.25) is 5.02 Å². The van der Waals surface area contributed by atoms with E-state index in [1.54, 1.807) is 24.3 Å². The first-order valence-corrected chi connectivity index (χ1v) is 9.19. The Morgan fingerprint density at radius 2 is 2.04 bits per heavy atom. The number of aromatic nitrogens is 2. The maximum absolute atomic E-state index is 12.4. The highest BCUT2D eigenvalue weighted by Gasteiger charge is 2.20. The summed E-state index contributed by atoms with van der Waals surface area (Å²) in [7, 11) is 0. The van der Waals surface area contributed by atoms with E-state index in [4.69, 9.17) is 16.1 Å². The second-order valence-corrected chi connectivity index (χ2v) is 7.37. The summed E-state index contributed by atoms with van der Waals surface area (Å²) >= 11 is 7.73. The Morgan fingerprint density at radius 1 is 1.28 bits per heavy atom. The van der Waals surface area contributed by atoms with Gasteiger partial charge in [0.1, 0.15) is 6.04 Å². The molecule has 0 fully saturated rings. The number of thiophene rings is 1. The lowest BCUT2D eigenvalue weighted by Crippen LogP contribution is -2.26. The van der Waals surface area contributed by atoms with Gasteiger partial charge in [0.05, 0.1) is 10.6 Å². The van der Waals surface area contributed by atoms with Crippen LogP contribution in [0.15, 0.2) is 40.2 Å². The summed E-state index contributed by atoms with van der Waals surface area (Å²) in [6, 6.07) is 8.78. The van der Waals surface area contributed by atoms with Crippen molar-refractivity contribution < 1.29 is 9.32 Å². The molecule has 0 aliphatic carbocycles. The van der Waals surface area contributed by atoms with Crippen molar-refractivity contribution >= 4 is 28.8 Å². The van der Waals surface area contributed by atoms with E-state index in [-0.39, 0.29) is 5.91 Å². The minimum absolute atomic E-state index is 0.159. The standard InChI is InChI=1S/C18H18ClN3O2S/c1-10(2)15-8-12(9-25-15)17(23)20-11(3)18-21-16(22-24-18)13-6-4-5-7-14(13)19/h4-11H,1-3H3,(H,20,23)/t11-/m0/s1. The molecule has 3 aromatic rings. The molecule has 1 N–H and O–H groups in total. The molecule has 2 heterocycles. The van der Waals surface area contributed by atoms with Crippen molar-refractivity contribution in [3.8, 4) is 11.4 Å². The zero-order chi connectivity index (χ0) is 18.0. The third-order valence-corrected chi connectivity index (χ3v) is 5.29. The maximum Gasteiger partial charge on any atom is 0.252 e. The van der Waals surface area contributed by atoms with Gasteiger partial charge in [0.2, 0.25) is 11.7 Å². The Bertz CT molecular complexity index is 888. The van der Waals surface area contributed by atoms with Crippen LogP contribution in [0, 0.1) is 0 Å². The van der Waals surface area contributed by atoms with Gasteiger partial charge >= 0.3 is 0 Å². The van der Waals surface area contributed by atoms with E-state index in [0.29, 0.717) is 33.8 Å². The van der Waals surface area contributed by atoms with E-state index in [0.717, 1.165) is 0 Å². The minimum Gasteiger partial charge on any atom is -0.340 e. The van der Waals surface area contributed by atoms with E-state index in [1.807, 2.05) is 29.6 Å². The molecule has 0 saturated heterocycles. The largest absolute Gasteiger partial charge is 0.340 e. The minimum atomic E-state index is -0.404. The molecule has 0 spiro atoms. The lowest BCUT2D eigenvalue weighted by molar-refractivity contribution is 0.0933. The zero-order valence-corrected chi connectivity index (χ0v) is 15.7. The predicted molar refractivity (Wildman–Crippen MR) is 99.0 cm³/mol. The molecule has 0 saturated carbocycles. The normalized spacial score (nSPS) is 12.4. The third kappa shape index (κ3) is 3.91. The molecule has 1 aromatic carbocycles. The molecule has 1 atom stereocenters. The molecule has 5 nitrogen and oxygen atoms in total. The number of nitrogens with zero attached hydrogens (tertiary/aromatic N) is 2. The van der Waals surface area contributed by atoms with Crippen LogP contribution in [0.25, 0.3) is 11.4 Å². The molecule has 0 radical (unpaired) electrons. The molecule has 3 rings (SSSR count). The second kappa shape index (κ2) is 7.37. The van der Waals surface area contributed by atoms with Crippen LogP contribution >= 0.6 is 22.9 Å². The number of nitrogens with one attached hydrogen (secondary N) is 1. The fraction of sp³-hybridized carbons (Fsp3) is 0.278. The Labute approximate surface area is 155 Å². The van der Waals surface area contributed by atoms with Gasteiger partial charge in [0, 0.05) is 15.8 Å². The lowest BCUT2D eigenvalue weighted by atomic mass is 10.1. The van der Waals surface area contributed by atoms with Crippen molar-refractivity contribution in [2.24, 2.45) is 0 Å². The summed E-state index contributed by atoms with van der Waals surface area (Å²) in [5.41, 5.74) is 1.34. The second-order valence-electron chi connectivity index (χ2n) is 6.02. The highest BCUT2D eigenvalue weighted by molar-refractivity contribution is 7.10. The molecule has 0 aliphatic rings. The van der Waals surface area contributed by atoms with Crippen molar-refractivity contribution in [1.29, 1.82) is 0 Å². The molecule has 25 heavy (non-hydrogen) atoms. The Hall–Kier alpha value is -2.18. The van der Waals surface area contributed by atoms with Crippen LogP contribution in [0.4, 0.5) is 0 Å². The molecule has 1 amide bonds. The van der Waals surface area contributed by atoms with Crippen molar-refractivity contribution in [3.05, 3.63) is 57.1 Å². The van der Waals surface area contributed by atoms with Gasteiger partial charge in [-0.15, -0.1) is 11.3 Å². The first-order chi connectivity index (χ1) is 12.0. The fourth-order valence-corrected chi connectivity index (χ4v) is 3.40. The van der Waals surface area contributed by atoms with E-state index < -0.39 is 6.04 Å². The zero-order valence-electron chi connectivity index (χ0n) is 14.1. The van der Waals surface area contributed by atoms with Gasteiger partial charge in [-0.3, -0.25) is 4.79 Å². The van der Waals surface area contributed by atoms with E-state index in [9.17, 15) is 4.79 Å². The van der Waals surface area contributed by atoms with Gasteiger partial charge in [-0.2, -0.15) is 4.98 Å². The van der Waals surface area contributed by atoms with Crippen molar-refractivity contribution in [3.63, 3.8) is 0 Å². The van der Waals surface area contributed by atoms with Crippen LogP contribution in [0.5, 0.6) is 0 Å². The molecule has 130 valence electrons. The van der Waals surface area contributed by atoms with E-state index in [2.05, 4.69) is 29.3 Å². The van der Waals surface area contributed by atoms with Crippen molar-refractivity contribution in [2.75, 3.05) is 0 Å². The summed E-state index contributed by atoms with van der Waals surface area (Å²) in [5.74, 6) is 0.980. The molecule has 0 unspecified atom stereocenters.